The molecular formula is C19H22F4N6O2. The van der Waals surface area contributed by atoms with Crippen LogP contribution >= 0.6 is 0 Å². The van der Waals surface area contributed by atoms with E-state index >= 15 is 0 Å². The van der Waals surface area contributed by atoms with Crippen molar-refractivity contribution in [2.75, 3.05) is 11.1 Å². The van der Waals surface area contributed by atoms with E-state index in [1.165, 1.54) is 6.07 Å². The van der Waals surface area contributed by atoms with Gasteiger partial charge >= 0.3 is 11.9 Å². The Bertz CT molecular complexity index is 961. The first-order chi connectivity index (χ1) is 14.6. The quantitative estimate of drug-likeness (QED) is 0.352. The van der Waals surface area contributed by atoms with E-state index < -0.39 is 28.2 Å². The van der Waals surface area contributed by atoms with Gasteiger partial charge in [-0.05, 0) is 44.1 Å². The molecule has 1 aromatic carbocycles. The summed E-state index contributed by atoms with van der Waals surface area (Å²) in [6.45, 7) is -0.356. The second kappa shape index (κ2) is 9.00. The Hall–Kier alpha value is -3.02. The number of nitrogens with two attached hydrogens (primary N) is 2. The summed E-state index contributed by atoms with van der Waals surface area (Å²) in [4.78, 5) is 18.8. The molecule has 3 rings (SSSR count). The van der Waals surface area contributed by atoms with E-state index in [0.29, 0.717) is 12.5 Å². The second-order valence-corrected chi connectivity index (χ2v) is 7.60. The third kappa shape index (κ3) is 5.37. The number of alkyl halides is 3. The Balaban J connectivity index is 1.82. The summed E-state index contributed by atoms with van der Waals surface area (Å²) in [5, 5.41) is 14.1. The van der Waals surface area contributed by atoms with E-state index in [-0.39, 0.29) is 41.5 Å². The van der Waals surface area contributed by atoms with Crippen molar-refractivity contribution in [3.05, 3.63) is 51.0 Å². The molecule has 0 bridgehead atoms. The van der Waals surface area contributed by atoms with Crippen LogP contribution in [-0.2, 0) is 19.1 Å². The number of nitrogens with zero attached hydrogens (tertiary/aromatic N) is 3. The SMILES string of the molecule is Nc1nc(NCc2cccc(C(F)(F)F)c2F)nc(C[C@H]2CC[C@H](N)CC2)c1[N+](=O)[O-]. The Kier molecular flexibility index (Phi) is 6.58. The highest BCUT2D eigenvalue weighted by molar-refractivity contribution is 5.58. The summed E-state index contributed by atoms with van der Waals surface area (Å²) in [6, 6.07) is 3.04. The normalized spacial score (nSPS) is 19.3. The fourth-order valence-electron chi connectivity index (χ4n) is 3.72. The Morgan fingerprint density at radius 1 is 1.19 bits per heavy atom. The largest absolute Gasteiger partial charge is 0.419 e. The summed E-state index contributed by atoms with van der Waals surface area (Å²) in [7, 11) is 0. The molecule has 0 spiro atoms. The fourth-order valence-corrected chi connectivity index (χ4v) is 3.72. The van der Waals surface area contributed by atoms with Gasteiger partial charge in [0.2, 0.25) is 11.8 Å². The van der Waals surface area contributed by atoms with Gasteiger partial charge in [-0.25, -0.2) is 9.37 Å². The highest BCUT2D eigenvalue weighted by atomic mass is 19.4. The maximum absolute atomic E-state index is 14.2. The molecule has 8 nitrogen and oxygen atoms in total. The van der Waals surface area contributed by atoms with Crippen LogP contribution < -0.4 is 16.8 Å². The zero-order chi connectivity index (χ0) is 22.8. The molecule has 0 unspecified atom stereocenters. The number of halogens is 4. The van der Waals surface area contributed by atoms with Gasteiger partial charge < -0.3 is 16.8 Å². The molecule has 5 N–H and O–H groups in total. The summed E-state index contributed by atoms with van der Waals surface area (Å²) in [5.41, 5.74) is 9.75. The van der Waals surface area contributed by atoms with E-state index in [4.69, 9.17) is 11.5 Å². The van der Waals surface area contributed by atoms with Crippen molar-refractivity contribution >= 4 is 17.5 Å². The second-order valence-electron chi connectivity index (χ2n) is 7.60. The van der Waals surface area contributed by atoms with Gasteiger partial charge in [0.25, 0.3) is 0 Å². The number of nitrogens with one attached hydrogen (secondary N) is 1. The van der Waals surface area contributed by atoms with Gasteiger partial charge in [0.1, 0.15) is 11.5 Å². The minimum atomic E-state index is -4.83. The third-order valence-electron chi connectivity index (χ3n) is 5.36. The van der Waals surface area contributed by atoms with E-state index in [1.807, 2.05) is 0 Å². The fraction of sp³-hybridized carbons (Fsp3) is 0.474. The number of hydrogen-bond donors (Lipinski definition) is 3. The van der Waals surface area contributed by atoms with Crippen LogP contribution in [0.4, 0.5) is 35.0 Å². The standard InChI is InChI=1S/C19H22F4N6O2/c20-15-11(2-1-3-13(15)19(21,22)23)9-26-18-27-14(16(29(30)31)17(25)28-18)8-10-4-6-12(24)7-5-10/h1-3,10,12H,4-9,24H2,(H3,25,26,27,28)/t10-,12-. The summed E-state index contributed by atoms with van der Waals surface area (Å²) in [5.74, 6) is -1.75. The van der Waals surface area contributed by atoms with Crippen LogP contribution in [0.2, 0.25) is 0 Å². The van der Waals surface area contributed by atoms with E-state index in [9.17, 15) is 27.7 Å². The molecule has 1 fully saturated rings. The lowest BCUT2D eigenvalue weighted by Gasteiger charge is -2.25. The molecule has 168 valence electrons. The predicted octanol–water partition coefficient (Wildman–Crippen LogP) is 3.80. The zero-order valence-corrected chi connectivity index (χ0v) is 16.5. The van der Waals surface area contributed by atoms with Crippen molar-refractivity contribution in [1.82, 2.24) is 9.97 Å². The number of benzene rings is 1. The first kappa shape index (κ1) is 22.7. The van der Waals surface area contributed by atoms with Gasteiger partial charge in [0.05, 0.1) is 10.5 Å². The smallest absolute Gasteiger partial charge is 0.378 e. The maximum Gasteiger partial charge on any atom is 0.419 e. The summed E-state index contributed by atoms with van der Waals surface area (Å²) in [6.07, 6.45) is -1.34. The number of anilines is 2. The van der Waals surface area contributed by atoms with Crippen molar-refractivity contribution in [3.63, 3.8) is 0 Å². The predicted molar refractivity (Wildman–Crippen MR) is 105 cm³/mol. The van der Waals surface area contributed by atoms with Crippen LogP contribution in [0.1, 0.15) is 42.5 Å². The molecule has 1 heterocycles. The molecule has 1 aromatic heterocycles. The van der Waals surface area contributed by atoms with E-state index in [0.717, 1.165) is 31.7 Å². The minimum absolute atomic E-state index is 0.112. The summed E-state index contributed by atoms with van der Waals surface area (Å²) >= 11 is 0. The topological polar surface area (TPSA) is 133 Å². The molecule has 0 aliphatic heterocycles. The van der Waals surface area contributed by atoms with Crippen molar-refractivity contribution in [1.29, 1.82) is 0 Å². The first-order valence-corrected chi connectivity index (χ1v) is 9.71. The van der Waals surface area contributed by atoms with Gasteiger partial charge in [-0.1, -0.05) is 12.1 Å². The third-order valence-corrected chi connectivity index (χ3v) is 5.36. The van der Waals surface area contributed by atoms with Crippen molar-refractivity contribution in [3.8, 4) is 0 Å². The Morgan fingerprint density at radius 3 is 2.48 bits per heavy atom. The maximum atomic E-state index is 14.2. The number of nitrogen functional groups attached to an aromatic ring is 1. The van der Waals surface area contributed by atoms with Crippen molar-refractivity contribution in [2.45, 2.75) is 50.9 Å². The first-order valence-electron chi connectivity index (χ1n) is 9.71. The van der Waals surface area contributed by atoms with Crippen molar-refractivity contribution in [2.24, 2.45) is 11.7 Å². The van der Waals surface area contributed by atoms with Gasteiger partial charge in [-0.2, -0.15) is 18.2 Å². The average Bonchev–Trinajstić information content (AvgIpc) is 2.67. The molecule has 1 aliphatic carbocycles. The molecule has 0 radical (unpaired) electrons. The number of rotatable bonds is 6. The van der Waals surface area contributed by atoms with Crippen molar-refractivity contribution < 1.29 is 22.5 Å². The van der Waals surface area contributed by atoms with Gasteiger partial charge in [0.15, 0.2) is 0 Å². The lowest BCUT2D eigenvalue weighted by atomic mass is 9.83. The summed E-state index contributed by atoms with van der Waals surface area (Å²) < 4.78 is 52.9. The highest BCUT2D eigenvalue weighted by Crippen LogP contribution is 2.34. The Labute approximate surface area is 175 Å². The van der Waals surface area contributed by atoms with Crippen LogP contribution in [-0.4, -0.2) is 20.9 Å². The van der Waals surface area contributed by atoms with Gasteiger partial charge in [0, 0.05) is 18.2 Å². The van der Waals surface area contributed by atoms with Crippen LogP contribution in [0.25, 0.3) is 0 Å². The molecular weight excluding hydrogens is 420 g/mol. The van der Waals surface area contributed by atoms with Crippen LogP contribution in [0.3, 0.4) is 0 Å². The molecule has 1 aliphatic rings. The number of nitro groups is 1. The molecule has 2 aromatic rings. The number of aromatic nitrogens is 2. The molecule has 0 amide bonds. The highest BCUT2D eigenvalue weighted by Gasteiger charge is 2.34. The molecule has 12 heteroatoms. The monoisotopic (exact) mass is 442 g/mol. The average molecular weight is 442 g/mol. The zero-order valence-electron chi connectivity index (χ0n) is 16.5. The number of hydrogen-bond acceptors (Lipinski definition) is 7. The lowest BCUT2D eigenvalue weighted by Crippen LogP contribution is -2.27. The van der Waals surface area contributed by atoms with Crippen LogP contribution in [0.15, 0.2) is 18.2 Å². The van der Waals surface area contributed by atoms with Gasteiger partial charge in [-0.3, -0.25) is 10.1 Å². The van der Waals surface area contributed by atoms with Crippen LogP contribution in [0.5, 0.6) is 0 Å². The van der Waals surface area contributed by atoms with E-state index in [1.54, 1.807) is 0 Å². The lowest BCUT2D eigenvalue weighted by molar-refractivity contribution is -0.385. The molecule has 0 saturated heterocycles. The van der Waals surface area contributed by atoms with Crippen LogP contribution in [0, 0.1) is 21.8 Å². The van der Waals surface area contributed by atoms with Gasteiger partial charge in [-0.15, -0.1) is 0 Å². The molecule has 31 heavy (non-hydrogen) atoms. The minimum Gasteiger partial charge on any atom is -0.378 e. The Morgan fingerprint density at radius 2 is 1.87 bits per heavy atom. The molecule has 0 atom stereocenters. The molecule has 1 saturated carbocycles. The van der Waals surface area contributed by atoms with E-state index in [2.05, 4.69) is 15.3 Å².